The van der Waals surface area contributed by atoms with Gasteiger partial charge in [0.2, 0.25) is 10.0 Å². The van der Waals surface area contributed by atoms with Crippen LogP contribution < -0.4 is 15.4 Å². The van der Waals surface area contributed by atoms with Gasteiger partial charge in [-0.25, -0.2) is 17.9 Å². The van der Waals surface area contributed by atoms with Gasteiger partial charge in [0, 0.05) is 33.2 Å². The quantitative estimate of drug-likeness (QED) is 0.354. The summed E-state index contributed by atoms with van der Waals surface area (Å²) in [7, 11) is -1.79. The molecule has 1 atom stereocenters. The number of aliphatic imine (C=N–C) groups is 1. The maximum absolute atomic E-state index is 12.1. The standard InChI is InChI=1S/C17H29N5O4S2/c1-17(2,3)26-16(23)21-13-7-10-22(12-13)15(18-4)19-8-9-20-28(24,25)14-6-5-11-27-14/h5-6,11,13,20H,7-10,12H2,1-4H3,(H,18,19)(H,21,23). The van der Waals surface area contributed by atoms with Gasteiger partial charge in [-0.2, -0.15) is 0 Å². The Morgan fingerprint density at radius 3 is 2.75 bits per heavy atom. The molecular formula is C17H29N5O4S2. The molecule has 1 fully saturated rings. The molecule has 1 aromatic heterocycles. The third-order valence-corrected chi connectivity index (χ3v) is 6.74. The van der Waals surface area contributed by atoms with Gasteiger partial charge in [0.25, 0.3) is 0 Å². The molecule has 0 saturated carbocycles. The molecule has 1 aromatic rings. The van der Waals surface area contributed by atoms with Crippen molar-refractivity contribution >= 4 is 33.4 Å². The second-order valence-electron chi connectivity index (χ2n) is 7.38. The summed E-state index contributed by atoms with van der Waals surface area (Å²) in [5.74, 6) is 0.670. The lowest BCUT2D eigenvalue weighted by Gasteiger charge is -2.23. The van der Waals surface area contributed by atoms with Gasteiger partial charge in [0.1, 0.15) is 9.81 Å². The third kappa shape index (κ3) is 6.95. The van der Waals surface area contributed by atoms with Gasteiger partial charge in [-0.1, -0.05) is 6.07 Å². The van der Waals surface area contributed by atoms with Crippen LogP contribution in [0.15, 0.2) is 26.7 Å². The molecule has 2 rings (SSSR count). The SMILES string of the molecule is CN=C(NCCNS(=O)(=O)c1cccs1)N1CCC(NC(=O)OC(C)(C)C)C1. The zero-order chi connectivity index (χ0) is 20.8. The van der Waals surface area contributed by atoms with Crippen LogP contribution in [0.4, 0.5) is 4.79 Å². The smallest absolute Gasteiger partial charge is 0.407 e. The summed E-state index contributed by atoms with van der Waals surface area (Å²) >= 11 is 1.18. The molecule has 1 aliphatic heterocycles. The zero-order valence-corrected chi connectivity index (χ0v) is 18.3. The molecule has 1 amide bonds. The van der Waals surface area contributed by atoms with Crippen LogP contribution in [-0.4, -0.2) is 70.2 Å². The number of hydrogen-bond donors (Lipinski definition) is 3. The van der Waals surface area contributed by atoms with Gasteiger partial charge >= 0.3 is 6.09 Å². The van der Waals surface area contributed by atoms with Crippen molar-refractivity contribution in [1.82, 2.24) is 20.3 Å². The number of thiophene rings is 1. The van der Waals surface area contributed by atoms with Gasteiger partial charge in [0.05, 0.1) is 6.04 Å². The van der Waals surface area contributed by atoms with Crippen molar-refractivity contribution in [3.63, 3.8) is 0 Å². The van der Waals surface area contributed by atoms with Crippen LogP contribution in [0, 0.1) is 0 Å². The largest absolute Gasteiger partial charge is 0.444 e. The van der Waals surface area contributed by atoms with Crippen LogP contribution in [-0.2, 0) is 14.8 Å². The van der Waals surface area contributed by atoms with Crippen LogP contribution in [0.2, 0.25) is 0 Å². The summed E-state index contributed by atoms with van der Waals surface area (Å²) < 4.78 is 32.3. The Kier molecular flexibility index (Phi) is 7.67. The number of sulfonamides is 1. The van der Waals surface area contributed by atoms with E-state index in [1.54, 1.807) is 24.6 Å². The highest BCUT2D eigenvalue weighted by Crippen LogP contribution is 2.15. The number of rotatable bonds is 6. The number of ether oxygens (including phenoxy) is 1. The van der Waals surface area contributed by atoms with Crippen LogP contribution in [0.1, 0.15) is 27.2 Å². The highest BCUT2D eigenvalue weighted by Gasteiger charge is 2.27. The first-order valence-electron chi connectivity index (χ1n) is 9.09. The fourth-order valence-corrected chi connectivity index (χ4v) is 4.79. The topological polar surface area (TPSA) is 112 Å². The van der Waals surface area contributed by atoms with E-state index in [-0.39, 0.29) is 12.6 Å². The van der Waals surface area contributed by atoms with E-state index in [9.17, 15) is 13.2 Å². The van der Waals surface area contributed by atoms with Crippen molar-refractivity contribution < 1.29 is 17.9 Å². The molecule has 0 bridgehead atoms. The number of nitrogens with zero attached hydrogens (tertiary/aromatic N) is 2. The minimum absolute atomic E-state index is 0.0225. The van der Waals surface area contributed by atoms with E-state index >= 15 is 0 Å². The molecule has 28 heavy (non-hydrogen) atoms. The van der Waals surface area contributed by atoms with Crippen molar-refractivity contribution in [1.29, 1.82) is 0 Å². The fourth-order valence-electron chi connectivity index (χ4n) is 2.72. The number of carbonyl (C=O) groups excluding carboxylic acids is 1. The van der Waals surface area contributed by atoms with E-state index in [2.05, 4.69) is 20.3 Å². The summed E-state index contributed by atoms with van der Waals surface area (Å²) in [6.45, 7) is 7.47. The minimum Gasteiger partial charge on any atom is -0.444 e. The lowest BCUT2D eigenvalue weighted by molar-refractivity contribution is 0.0507. The number of guanidine groups is 1. The molecule has 9 nitrogen and oxygen atoms in total. The lowest BCUT2D eigenvalue weighted by Crippen LogP contribution is -2.45. The second-order valence-corrected chi connectivity index (χ2v) is 10.3. The molecule has 1 saturated heterocycles. The monoisotopic (exact) mass is 431 g/mol. The average molecular weight is 432 g/mol. The molecule has 2 heterocycles. The Labute approximate surface area is 170 Å². The Balaban J connectivity index is 1.74. The van der Waals surface area contributed by atoms with Crippen LogP contribution >= 0.6 is 11.3 Å². The maximum atomic E-state index is 12.1. The number of hydrogen-bond acceptors (Lipinski definition) is 6. The van der Waals surface area contributed by atoms with E-state index in [1.807, 2.05) is 25.7 Å². The molecule has 11 heteroatoms. The van der Waals surface area contributed by atoms with Crippen molar-refractivity contribution in [3.05, 3.63) is 17.5 Å². The molecule has 0 aliphatic carbocycles. The van der Waals surface area contributed by atoms with Crippen LogP contribution in [0.5, 0.6) is 0 Å². The molecule has 3 N–H and O–H groups in total. The zero-order valence-electron chi connectivity index (χ0n) is 16.7. The summed E-state index contributed by atoms with van der Waals surface area (Å²) in [6, 6.07) is 3.25. The van der Waals surface area contributed by atoms with Crippen molar-refractivity contribution in [2.24, 2.45) is 4.99 Å². The normalized spacial score (nSPS) is 18.2. The Morgan fingerprint density at radius 2 is 2.14 bits per heavy atom. The molecule has 0 spiro atoms. The van der Waals surface area contributed by atoms with Gasteiger partial charge in [-0.15, -0.1) is 11.3 Å². The first kappa shape index (κ1) is 22.4. The maximum Gasteiger partial charge on any atom is 0.407 e. The Hall–Kier alpha value is -1.85. The lowest BCUT2D eigenvalue weighted by atomic mass is 10.2. The number of nitrogens with one attached hydrogen (secondary N) is 3. The van der Waals surface area contributed by atoms with Gasteiger partial charge in [-0.05, 0) is 38.6 Å². The number of alkyl carbamates (subject to hydrolysis) is 1. The molecular weight excluding hydrogens is 402 g/mol. The Bertz CT molecular complexity index is 772. The predicted molar refractivity (Wildman–Crippen MR) is 110 cm³/mol. The summed E-state index contributed by atoms with van der Waals surface area (Å²) in [4.78, 5) is 18.2. The van der Waals surface area contributed by atoms with Crippen LogP contribution in [0.25, 0.3) is 0 Å². The molecule has 1 aliphatic rings. The van der Waals surface area contributed by atoms with Gasteiger partial charge in [0.15, 0.2) is 5.96 Å². The number of amides is 1. The average Bonchev–Trinajstić information content (AvgIpc) is 3.25. The first-order valence-corrected chi connectivity index (χ1v) is 11.5. The molecule has 1 unspecified atom stereocenters. The molecule has 0 radical (unpaired) electrons. The first-order chi connectivity index (χ1) is 13.1. The second kappa shape index (κ2) is 9.57. The van der Waals surface area contributed by atoms with Crippen molar-refractivity contribution in [2.45, 2.75) is 43.0 Å². The van der Waals surface area contributed by atoms with E-state index in [1.165, 1.54) is 11.3 Å². The van der Waals surface area contributed by atoms with Gasteiger partial charge in [-0.3, -0.25) is 4.99 Å². The third-order valence-electron chi connectivity index (χ3n) is 3.88. The van der Waals surface area contributed by atoms with E-state index in [0.717, 1.165) is 13.0 Å². The summed E-state index contributed by atoms with van der Waals surface area (Å²) in [5.41, 5.74) is -0.531. The summed E-state index contributed by atoms with van der Waals surface area (Å²) in [6.07, 6.45) is 0.357. The Morgan fingerprint density at radius 1 is 1.39 bits per heavy atom. The van der Waals surface area contributed by atoms with E-state index in [0.29, 0.717) is 23.3 Å². The van der Waals surface area contributed by atoms with E-state index in [4.69, 9.17) is 4.74 Å². The molecule has 0 aromatic carbocycles. The van der Waals surface area contributed by atoms with Crippen molar-refractivity contribution in [2.75, 3.05) is 33.2 Å². The van der Waals surface area contributed by atoms with Crippen LogP contribution in [0.3, 0.4) is 0 Å². The number of carbonyl (C=O) groups is 1. The minimum atomic E-state index is -3.46. The predicted octanol–water partition coefficient (Wildman–Crippen LogP) is 1.20. The van der Waals surface area contributed by atoms with Crippen molar-refractivity contribution in [3.8, 4) is 0 Å². The number of likely N-dealkylation sites (tertiary alicyclic amines) is 1. The molecule has 158 valence electrons. The van der Waals surface area contributed by atoms with Gasteiger partial charge < -0.3 is 20.3 Å². The fraction of sp³-hybridized carbons (Fsp3) is 0.647. The highest BCUT2D eigenvalue weighted by atomic mass is 32.2. The summed E-state index contributed by atoms with van der Waals surface area (Å²) in [5, 5.41) is 7.75. The van der Waals surface area contributed by atoms with E-state index < -0.39 is 21.7 Å². The highest BCUT2D eigenvalue weighted by molar-refractivity contribution is 7.91.